The van der Waals surface area contributed by atoms with E-state index in [1.807, 2.05) is 13.8 Å². The minimum Gasteiger partial charge on any atom is -0.399 e. The van der Waals surface area contributed by atoms with Crippen molar-refractivity contribution in [2.45, 2.75) is 31.2 Å². The van der Waals surface area contributed by atoms with Crippen LogP contribution < -0.4 is 10.5 Å². The summed E-state index contributed by atoms with van der Waals surface area (Å²) in [6.07, 6.45) is 0.565. The molecule has 5 nitrogen and oxygen atoms in total. The van der Waals surface area contributed by atoms with Gasteiger partial charge in [-0.25, -0.2) is 13.1 Å². The Balaban J connectivity index is 3.00. The Hall–Kier alpha value is -0.630. The van der Waals surface area contributed by atoms with Gasteiger partial charge in [0.15, 0.2) is 0 Å². The number of halogens is 1. The fourth-order valence-corrected chi connectivity index (χ4v) is 3.98. The van der Waals surface area contributed by atoms with Crippen LogP contribution in [0, 0.1) is 5.92 Å². The van der Waals surface area contributed by atoms with Crippen molar-refractivity contribution < 1.29 is 13.5 Å². The molecule has 0 aliphatic rings. The zero-order chi connectivity index (χ0) is 14.6. The Morgan fingerprint density at radius 1 is 1.42 bits per heavy atom. The van der Waals surface area contributed by atoms with E-state index >= 15 is 0 Å². The van der Waals surface area contributed by atoms with E-state index in [2.05, 4.69) is 20.7 Å². The fraction of sp³-hybridized carbons (Fsp3) is 0.500. The van der Waals surface area contributed by atoms with Gasteiger partial charge in [-0.1, -0.05) is 13.8 Å². The number of anilines is 1. The maximum absolute atomic E-state index is 12.2. The highest BCUT2D eigenvalue weighted by atomic mass is 79.9. The molecule has 1 aromatic carbocycles. The summed E-state index contributed by atoms with van der Waals surface area (Å²) in [5.41, 5.74) is 5.97. The third kappa shape index (κ3) is 4.76. The molecule has 0 aromatic heterocycles. The zero-order valence-electron chi connectivity index (χ0n) is 10.9. The van der Waals surface area contributed by atoms with E-state index in [4.69, 9.17) is 5.73 Å². The highest BCUT2D eigenvalue weighted by Gasteiger charge is 2.22. The SMILES string of the molecule is CC(C)CC(CO)NS(=O)(=O)c1cc(N)ccc1Br. The number of aliphatic hydroxyl groups is 1. The molecule has 19 heavy (non-hydrogen) atoms. The highest BCUT2D eigenvalue weighted by molar-refractivity contribution is 9.10. The van der Waals surface area contributed by atoms with Crippen molar-refractivity contribution in [3.63, 3.8) is 0 Å². The molecule has 0 aliphatic carbocycles. The van der Waals surface area contributed by atoms with Crippen LogP contribution in [0.3, 0.4) is 0 Å². The quantitative estimate of drug-likeness (QED) is 0.681. The first-order chi connectivity index (χ1) is 8.76. The number of sulfonamides is 1. The first kappa shape index (κ1) is 16.4. The Kier molecular flexibility index (Phi) is 5.79. The second-order valence-corrected chi connectivity index (χ2v) is 7.36. The van der Waals surface area contributed by atoms with Crippen LogP contribution in [0.1, 0.15) is 20.3 Å². The van der Waals surface area contributed by atoms with Gasteiger partial charge in [-0.3, -0.25) is 0 Å². The molecule has 0 radical (unpaired) electrons. The summed E-state index contributed by atoms with van der Waals surface area (Å²) in [6.45, 7) is 3.69. The predicted octanol–water partition coefficient (Wildman–Crippen LogP) is 1.72. The first-order valence-corrected chi connectivity index (χ1v) is 8.22. The van der Waals surface area contributed by atoms with E-state index in [-0.39, 0.29) is 17.4 Å². The number of benzene rings is 1. The Bertz CT molecular complexity index is 532. The zero-order valence-corrected chi connectivity index (χ0v) is 13.3. The number of nitrogens with two attached hydrogens (primary N) is 1. The van der Waals surface area contributed by atoms with Gasteiger partial charge in [-0.15, -0.1) is 0 Å². The van der Waals surface area contributed by atoms with Crippen molar-refractivity contribution >= 4 is 31.6 Å². The van der Waals surface area contributed by atoms with Crippen molar-refractivity contribution in [3.8, 4) is 0 Å². The smallest absolute Gasteiger partial charge is 0.242 e. The van der Waals surface area contributed by atoms with Crippen molar-refractivity contribution in [2.24, 2.45) is 5.92 Å². The Morgan fingerprint density at radius 2 is 2.05 bits per heavy atom. The van der Waals surface area contributed by atoms with E-state index in [1.165, 1.54) is 6.07 Å². The number of rotatable bonds is 6. The minimum atomic E-state index is -3.71. The van der Waals surface area contributed by atoms with Crippen molar-refractivity contribution in [2.75, 3.05) is 12.3 Å². The average molecular weight is 351 g/mol. The monoisotopic (exact) mass is 350 g/mol. The summed E-state index contributed by atoms with van der Waals surface area (Å²) in [5.74, 6) is 0.282. The molecule has 7 heteroatoms. The number of nitrogen functional groups attached to an aromatic ring is 1. The van der Waals surface area contributed by atoms with Gasteiger partial charge in [-0.2, -0.15) is 0 Å². The molecule has 0 saturated heterocycles. The molecule has 0 aliphatic heterocycles. The minimum absolute atomic E-state index is 0.0784. The van der Waals surface area contributed by atoms with Gasteiger partial charge in [0, 0.05) is 16.2 Å². The van der Waals surface area contributed by atoms with Gasteiger partial charge in [-0.05, 0) is 46.5 Å². The standard InChI is InChI=1S/C12H19BrN2O3S/c1-8(2)5-10(7-16)15-19(17,18)12-6-9(14)3-4-11(12)13/h3-4,6,8,10,15-16H,5,7,14H2,1-2H3. The molecule has 0 amide bonds. The summed E-state index contributed by atoms with van der Waals surface area (Å²) >= 11 is 3.19. The summed E-state index contributed by atoms with van der Waals surface area (Å²) in [7, 11) is -3.71. The van der Waals surface area contributed by atoms with Crippen LogP contribution in [0.15, 0.2) is 27.6 Å². The third-order valence-electron chi connectivity index (χ3n) is 2.54. The Morgan fingerprint density at radius 3 is 2.58 bits per heavy atom. The molecule has 0 spiro atoms. The van der Waals surface area contributed by atoms with E-state index < -0.39 is 16.1 Å². The van der Waals surface area contributed by atoms with E-state index in [0.717, 1.165) is 0 Å². The van der Waals surface area contributed by atoms with Gasteiger partial charge in [0.1, 0.15) is 0 Å². The lowest BCUT2D eigenvalue weighted by atomic mass is 10.1. The van der Waals surface area contributed by atoms with Crippen LogP contribution in [-0.2, 0) is 10.0 Å². The highest BCUT2D eigenvalue weighted by Crippen LogP contribution is 2.24. The lowest BCUT2D eigenvalue weighted by Gasteiger charge is -2.19. The summed E-state index contributed by atoms with van der Waals surface area (Å²) in [5, 5.41) is 9.25. The molecule has 1 unspecified atom stereocenters. The fourth-order valence-electron chi connectivity index (χ4n) is 1.74. The van der Waals surface area contributed by atoms with Crippen LogP contribution in [-0.4, -0.2) is 26.2 Å². The van der Waals surface area contributed by atoms with E-state index in [9.17, 15) is 13.5 Å². The van der Waals surface area contributed by atoms with E-state index in [1.54, 1.807) is 12.1 Å². The van der Waals surface area contributed by atoms with Crippen LogP contribution in [0.5, 0.6) is 0 Å². The molecule has 4 N–H and O–H groups in total. The molecule has 0 heterocycles. The molecular weight excluding hydrogens is 332 g/mol. The second kappa shape index (κ2) is 6.69. The third-order valence-corrected chi connectivity index (χ3v) is 5.06. The van der Waals surface area contributed by atoms with Crippen LogP contribution >= 0.6 is 15.9 Å². The molecule has 0 fully saturated rings. The lowest BCUT2D eigenvalue weighted by molar-refractivity contribution is 0.240. The maximum Gasteiger partial charge on any atom is 0.242 e. The predicted molar refractivity (Wildman–Crippen MR) is 79.2 cm³/mol. The molecule has 0 saturated carbocycles. The van der Waals surface area contributed by atoms with Gasteiger partial charge >= 0.3 is 0 Å². The second-order valence-electron chi connectivity index (χ2n) is 4.82. The van der Waals surface area contributed by atoms with Gasteiger partial charge in [0.05, 0.1) is 11.5 Å². The van der Waals surface area contributed by atoms with Crippen LogP contribution in [0.25, 0.3) is 0 Å². The molecule has 0 bridgehead atoms. The first-order valence-electron chi connectivity index (χ1n) is 5.94. The molecule has 1 rings (SSSR count). The average Bonchev–Trinajstić information content (AvgIpc) is 2.30. The van der Waals surface area contributed by atoms with E-state index in [0.29, 0.717) is 16.6 Å². The normalized spacial score (nSPS) is 13.7. The van der Waals surface area contributed by atoms with Gasteiger partial charge in [0.2, 0.25) is 10.0 Å². The molecule has 108 valence electrons. The van der Waals surface area contributed by atoms with Crippen molar-refractivity contribution in [1.82, 2.24) is 4.72 Å². The molecular formula is C12H19BrN2O3S. The summed E-state index contributed by atoms with van der Waals surface area (Å²) in [4.78, 5) is 0.0784. The molecule has 1 atom stereocenters. The number of hydrogen-bond acceptors (Lipinski definition) is 4. The largest absolute Gasteiger partial charge is 0.399 e. The summed E-state index contributed by atoms with van der Waals surface area (Å²) < 4.78 is 27.4. The summed E-state index contributed by atoms with van der Waals surface area (Å²) in [6, 6.07) is 4.08. The lowest BCUT2D eigenvalue weighted by Crippen LogP contribution is -2.38. The topological polar surface area (TPSA) is 92.4 Å². The molecule has 1 aromatic rings. The van der Waals surface area contributed by atoms with Gasteiger partial charge < -0.3 is 10.8 Å². The van der Waals surface area contributed by atoms with Crippen LogP contribution in [0.4, 0.5) is 5.69 Å². The maximum atomic E-state index is 12.2. The van der Waals surface area contributed by atoms with Crippen molar-refractivity contribution in [1.29, 1.82) is 0 Å². The van der Waals surface area contributed by atoms with Crippen molar-refractivity contribution in [3.05, 3.63) is 22.7 Å². The number of nitrogens with one attached hydrogen (secondary N) is 1. The number of aliphatic hydroxyl groups excluding tert-OH is 1. The Labute approximate surface area is 122 Å². The van der Waals surface area contributed by atoms with Gasteiger partial charge in [0.25, 0.3) is 0 Å². The van der Waals surface area contributed by atoms with Crippen LogP contribution in [0.2, 0.25) is 0 Å². The number of hydrogen-bond donors (Lipinski definition) is 3.